The molecule has 1 aromatic carbocycles. The monoisotopic (exact) mass is 393 g/mol. The summed E-state index contributed by atoms with van der Waals surface area (Å²) in [6, 6.07) is 8.68. The lowest BCUT2D eigenvalue weighted by Gasteiger charge is -2.13. The highest BCUT2D eigenvalue weighted by Crippen LogP contribution is 2.21. The van der Waals surface area contributed by atoms with Gasteiger partial charge in [0.05, 0.1) is 16.9 Å². The number of esters is 1. The van der Waals surface area contributed by atoms with Crippen molar-refractivity contribution in [2.24, 2.45) is 0 Å². The number of benzene rings is 1. The molecular formula is C22H23N3O4. The second-order valence-corrected chi connectivity index (χ2v) is 7.02. The van der Waals surface area contributed by atoms with E-state index in [4.69, 9.17) is 4.74 Å². The average Bonchev–Trinajstić information content (AvgIpc) is 3.23. The molecule has 0 radical (unpaired) electrons. The first-order valence-corrected chi connectivity index (χ1v) is 9.27. The first-order valence-electron chi connectivity index (χ1n) is 9.27. The smallest absolute Gasteiger partial charge is 0.338 e. The van der Waals surface area contributed by atoms with Crippen molar-refractivity contribution in [2.45, 2.75) is 40.7 Å². The third-order valence-electron chi connectivity index (χ3n) is 4.87. The summed E-state index contributed by atoms with van der Waals surface area (Å²) in [7, 11) is 0. The van der Waals surface area contributed by atoms with Gasteiger partial charge >= 0.3 is 5.97 Å². The number of aromatic amines is 1. The first-order chi connectivity index (χ1) is 13.7. The fourth-order valence-electron chi connectivity index (χ4n) is 3.39. The number of ether oxygens (including phenoxy) is 1. The largest absolute Gasteiger partial charge is 0.451 e. The van der Waals surface area contributed by atoms with Gasteiger partial charge < -0.3 is 9.72 Å². The van der Waals surface area contributed by atoms with E-state index in [2.05, 4.69) is 10.1 Å². The molecule has 0 aliphatic heterocycles. The Labute approximate surface area is 168 Å². The van der Waals surface area contributed by atoms with Crippen molar-refractivity contribution in [3.05, 3.63) is 70.3 Å². The summed E-state index contributed by atoms with van der Waals surface area (Å²) in [5.74, 6) is -1.09. The Hall–Kier alpha value is -3.48. The second kappa shape index (κ2) is 7.87. The van der Waals surface area contributed by atoms with Crippen molar-refractivity contribution in [2.75, 3.05) is 0 Å². The maximum absolute atomic E-state index is 12.7. The third-order valence-corrected chi connectivity index (χ3v) is 4.87. The number of Topliss-reactive ketones (excluding diaryl/α,β-unsaturated/α-hetero) is 2. The molecule has 0 spiro atoms. The fraction of sp³-hybridized carbons (Fsp3) is 0.273. The van der Waals surface area contributed by atoms with Crippen LogP contribution >= 0.6 is 0 Å². The Morgan fingerprint density at radius 3 is 2.24 bits per heavy atom. The number of aryl methyl sites for hydroxylation is 2. The van der Waals surface area contributed by atoms with Crippen LogP contribution in [-0.4, -0.2) is 38.4 Å². The Kier molecular flexibility index (Phi) is 5.50. The van der Waals surface area contributed by atoms with Gasteiger partial charge in [0, 0.05) is 23.1 Å². The zero-order valence-corrected chi connectivity index (χ0v) is 17.1. The van der Waals surface area contributed by atoms with E-state index >= 15 is 0 Å². The summed E-state index contributed by atoms with van der Waals surface area (Å²) in [6.07, 6.45) is 0.708. The van der Waals surface area contributed by atoms with E-state index in [1.165, 1.54) is 13.8 Å². The van der Waals surface area contributed by atoms with Crippen LogP contribution in [0.15, 0.2) is 36.5 Å². The van der Waals surface area contributed by atoms with Crippen LogP contribution in [-0.2, 0) is 4.74 Å². The van der Waals surface area contributed by atoms with E-state index < -0.39 is 12.1 Å². The van der Waals surface area contributed by atoms with Gasteiger partial charge in [-0.15, -0.1) is 0 Å². The second-order valence-electron chi connectivity index (χ2n) is 7.02. The quantitative estimate of drug-likeness (QED) is 0.508. The summed E-state index contributed by atoms with van der Waals surface area (Å²) in [6.45, 7) is 8.35. The van der Waals surface area contributed by atoms with E-state index in [0.29, 0.717) is 22.4 Å². The molecule has 1 N–H and O–H groups in total. The molecule has 3 rings (SSSR count). The van der Waals surface area contributed by atoms with E-state index in [1.807, 2.05) is 13.0 Å². The van der Waals surface area contributed by atoms with Gasteiger partial charge in [-0.2, -0.15) is 5.10 Å². The van der Waals surface area contributed by atoms with Crippen LogP contribution in [0.5, 0.6) is 0 Å². The molecule has 0 aliphatic carbocycles. The minimum atomic E-state index is -0.993. The Morgan fingerprint density at radius 2 is 1.72 bits per heavy atom. The van der Waals surface area contributed by atoms with Gasteiger partial charge in [0.25, 0.3) is 0 Å². The number of hydrogen-bond donors (Lipinski definition) is 1. The zero-order chi connectivity index (χ0) is 21.3. The van der Waals surface area contributed by atoms with Crippen LogP contribution in [0.3, 0.4) is 0 Å². The molecule has 150 valence electrons. The molecule has 0 amide bonds. The van der Waals surface area contributed by atoms with Crippen LogP contribution in [0.1, 0.15) is 62.0 Å². The molecule has 0 saturated carbocycles. The SMILES string of the molecule is CC(=O)c1c(C)[nH]c(C(=O)[C@H](C)OC(=O)c2ccc(-n3nccc3C)cc2)c1C. The molecule has 3 aromatic rings. The predicted octanol–water partition coefficient (Wildman–Crippen LogP) is 3.76. The number of H-pyrrole nitrogens is 1. The van der Waals surface area contributed by atoms with Crippen molar-refractivity contribution in [1.82, 2.24) is 14.8 Å². The summed E-state index contributed by atoms with van der Waals surface area (Å²) >= 11 is 0. The zero-order valence-electron chi connectivity index (χ0n) is 17.1. The summed E-state index contributed by atoms with van der Waals surface area (Å²) in [5.41, 5.74) is 4.11. The van der Waals surface area contributed by atoms with Gasteiger partial charge in [0.2, 0.25) is 5.78 Å². The van der Waals surface area contributed by atoms with Gasteiger partial charge in [-0.1, -0.05) is 0 Å². The fourth-order valence-corrected chi connectivity index (χ4v) is 3.39. The average molecular weight is 393 g/mol. The number of nitrogens with one attached hydrogen (secondary N) is 1. The number of rotatable bonds is 6. The highest BCUT2D eigenvalue weighted by Gasteiger charge is 2.26. The van der Waals surface area contributed by atoms with Crippen molar-refractivity contribution >= 4 is 17.5 Å². The first kappa shape index (κ1) is 20.3. The Balaban J connectivity index is 1.74. The van der Waals surface area contributed by atoms with Gasteiger partial charge in [-0.3, -0.25) is 9.59 Å². The van der Waals surface area contributed by atoms with Crippen LogP contribution in [0.2, 0.25) is 0 Å². The number of carbonyl (C=O) groups is 3. The standard InChI is InChI=1S/C22H23N3O4/c1-12-10-11-23-25(12)18-8-6-17(7-9-18)22(28)29-16(5)21(27)20-13(2)19(15(4)26)14(3)24-20/h6-11,16,24H,1-5H3/t16-/m0/s1. The molecule has 0 fully saturated rings. The lowest BCUT2D eigenvalue weighted by atomic mass is 10.0. The van der Waals surface area contributed by atoms with Crippen molar-refractivity contribution in [3.63, 3.8) is 0 Å². The van der Waals surface area contributed by atoms with Crippen molar-refractivity contribution in [1.29, 1.82) is 0 Å². The van der Waals surface area contributed by atoms with Crippen LogP contribution in [0.25, 0.3) is 5.69 Å². The molecule has 2 aromatic heterocycles. The highest BCUT2D eigenvalue weighted by molar-refractivity contribution is 6.05. The number of ketones is 2. The van der Waals surface area contributed by atoms with Gasteiger partial charge in [0.15, 0.2) is 11.9 Å². The van der Waals surface area contributed by atoms with Crippen LogP contribution in [0.4, 0.5) is 0 Å². The maximum atomic E-state index is 12.7. The Morgan fingerprint density at radius 1 is 1.07 bits per heavy atom. The highest BCUT2D eigenvalue weighted by atomic mass is 16.5. The normalized spacial score (nSPS) is 11.9. The van der Waals surface area contributed by atoms with E-state index in [1.54, 1.807) is 49.0 Å². The molecule has 29 heavy (non-hydrogen) atoms. The van der Waals surface area contributed by atoms with E-state index in [0.717, 1.165) is 11.4 Å². The molecule has 0 unspecified atom stereocenters. The molecule has 0 bridgehead atoms. The summed E-state index contributed by atoms with van der Waals surface area (Å²) in [4.78, 5) is 39.9. The van der Waals surface area contributed by atoms with Crippen LogP contribution < -0.4 is 0 Å². The summed E-state index contributed by atoms with van der Waals surface area (Å²) < 4.78 is 7.11. The third kappa shape index (κ3) is 3.89. The molecule has 0 aliphatic rings. The number of hydrogen-bond acceptors (Lipinski definition) is 5. The lowest BCUT2D eigenvalue weighted by molar-refractivity contribution is 0.0317. The number of carbonyl (C=O) groups excluding carboxylic acids is 3. The van der Waals surface area contributed by atoms with Crippen molar-refractivity contribution in [3.8, 4) is 5.69 Å². The van der Waals surface area contributed by atoms with Gasteiger partial charge in [-0.05, 0) is 70.5 Å². The molecule has 2 heterocycles. The molecule has 7 nitrogen and oxygen atoms in total. The van der Waals surface area contributed by atoms with Crippen molar-refractivity contribution < 1.29 is 19.1 Å². The molecule has 7 heteroatoms. The maximum Gasteiger partial charge on any atom is 0.338 e. The predicted molar refractivity (Wildman–Crippen MR) is 108 cm³/mol. The molecule has 1 atom stereocenters. The molecule has 0 saturated heterocycles. The number of nitrogens with zero attached hydrogens (tertiary/aromatic N) is 2. The van der Waals surface area contributed by atoms with E-state index in [-0.39, 0.29) is 17.3 Å². The summed E-state index contributed by atoms with van der Waals surface area (Å²) in [5, 5.41) is 4.22. The van der Waals surface area contributed by atoms with Gasteiger partial charge in [0.1, 0.15) is 0 Å². The topological polar surface area (TPSA) is 94.0 Å². The number of aromatic nitrogens is 3. The minimum Gasteiger partial charge on any atom is -0.451 e. The van der Waals surface area contributed by atoms with Crippen LogP contribution in [0, 0.1) is 20.8 Å². The molecular weight excluding hydrogens is 370 g/mol. The lowest BCUT2D eigenvalue weighted by Crippen LogP contribution is -2.25. The Bertz CT molecular complexity index is 1090. The minimum absolute atomic E-state index is 0.118. The van der Waals surface area contributed by atoms with Gasteiger partial charge in [-0.25, -0.2) is 9.48 Å². The van der Waals surface area contributed by atoms with E-state index in [9.17, 15) is 14.4 Å².